The van der Waals surface area contributed by atoms with Crippen LogP contribution in [0.1, 0.15) is 43.3 Å². The van der Waals surface area contributed by atoms with E-state index in [-0.39, 0.29) is 18.4 Å². The third kappa shape index (κ3) is 2.99. The number of benzene rings is 3. The second kappa shape index (κ2) is 7.26. The molecule has 3 amide bonds. The van der Waals surface area contributed by atoms with Crippen molar-refractivity contribution in [1.29, 1.82) is 0 Å². The zero-order chi connectivity index (χ0) is 20.7. The van der Waals surface area contributed by atoms with Crippen molar-refractivity contribution >= 4 is 17.7 Å². The molecule has 0 aromatic heterocycles. The Kier molecular flexibility index (Phi) is 4.43. The largest absolute Gasteiger partial charge is 0.336 e. The molecule has 2 heterocycles. The third-order valence-corrected chi connectivity index (χ3v) is 5.92. The molecule has 5 nitrogen and oxygen atoms in total. The SMILES string of the molecule is O=C(CN1C(=O)c2ccccc2C1=O)N1Cc2ccccc2C(c2ccccc2)C1. The molecule has 0 saturated heterocycles. The van der Waals surface area contributed by atoms with Gasteiger partial charge in [0.15, 0.2) is 0 Å². The van der Waals surface area contributed by atoms with Crippen molar-refractivity contribution in [1.82, 2.24) is 9.80 Å². The van der Waals surface area contributed by atoms with Crippen LogP contribution in [0.5, 0.6) is 0 Å². The summed E-state index contributed by atoms with van der Waals surface area (Å²) in [6.45, 7) is 0.751. The van der Waals surface area contributed by atoms with Crippen molar-refractivity contribution in [2.45, 2.75) is 12.5 Å². The predicted molar refractivity (Wildman–Crippen MR) is 112 cm³/mol. The molecule has 0 bridgehead atoms. The minimum atomic E-state index is -0.402. The second-order valence-electron chi connectivity index (χ2n) is 7.68. The van der Waals surface area contributed by atoms with Crippen molar-refractivity contribution in [2.24, 2.45) is 0 Å². The normalized spacial score (nSPS) is 17.7. The smallest absolute Gasteiger partial charge is 0.262 e. The molecule has 0 aliphatic carbocycles. The Balaban J connectivity index is 1.41. The molecule has 3 aromatic rings. The van der Waals surface area contributed by atoms with Crippen molar-refractivity contribution in [3.8, 4) is 0 Å². The Bertz CT molecular complexity index is 1120. The van der Waals surface area contributed by atoms with Crippen molar-refractivity contribution < 1.29 is 14.4 Å². The molecule has 3 aromatic carbocycles. The van der Waals surface area contributed by atoms with Gasteiger partial charge >= 0.3 is 0 Å². The molecule has 2 aliphatic rings. The number of carbonyl (C=O) groups excluding carboxylic acids is 3. The fraction of sp³-hybridized carbons (Fsp3) is 0.160. The predicted octanol–water partition coefficient (Wildman–Crippen LogP) is 3.46. The minimum Gasteiger partial charge on any atom is -0.336 e. The van der Waals surface area contributed by atoms with Gasteiger partial charge in [-0.25, -0.2) is 0 Å². The van der Waals surface area contributed by atoms with Crippen LogP contribution in [-0.2, 0) is 11.3 Å². The number of hydrogen-bond donors (Lipinski definition) is 0. The summed E-state index contributed by atoms with van der Waals surface area (Å²) in [5.74, 6) is -0.968. The summed E-state index contributed by atoms with van der Waals surface area (Å²) in [4.78, 5) is 41.3. The number of carbonyl (C=O) groups is 3. The van der Waals surface area contributed by atoms with E-state index in [2.05, 4.69) is 18.2 Å². The van der Waals surface area contributed by atoms with Crippen molar-refractivity contribution in [2.75, 3.05) is 13.1 Å². The second-order valence-corrected chi connectivity index (χ2v) is 7.68. The van der Waals surface area contributed by atoms with Crippen LogP contribution in [0.4, 0.5) is 0 Å². The highest BCUT2D eigenvalue weighted by atomic mass is 16.2. The summed E-state index contributed by atoms with van der Waals surface area (Å²) in [5, 5.41) is 0. The van der Waals surface area contributed by atoms with Gasteiger partial charge in [-0.1, -0.05) is 66.7 Å². The van der Waals surface area contributed by atoms with Crippen molar-refractivity contribution in [3.63, 3.8) is 0 Å². The average Bonchev–Trinajstić information content (AvgIpc) is 3.04. The first-order valence-electron chi connectivity index (χ1n) is 9.99. The van der Waals surface area contributed by atoms with E-state index in [0.717, 1.165) is 16.0 Å². The first kappa shape index (κ1) is 18.3. The zero-order valence-corrected chi connectivity index (χ0v) is 16.3. The molecule has 2 aliphatic heterocycles. The number of amides is 3. The molecule has 5 rings (SSSR count). The van der Waals surface area contributed by atoms with Crippen LogP contribution < -0.4 is 0 Å². The average molecular weight is 396 g/mol. The molecule has 148 valence electrons. The Labute approximate surface area is 174 Å². The van der Waals surface area contributed by atoms with E-state index in [9.17, 15) is 14.4 Å². The van der Waals surface area contributed by atoms with Crippen LogP contribution in [0.25, 0.3) is 0 Å². The van der Waals surface area contributed by atoms with Gasteiger partial charge in [-0.05, 0) is 28.8 Å². The van der Waals surface area contributed by atoms with Crippen molar-refractivity contribution in [3.05, 3.63) is 107 Å². The van der Waals surface area contributed by atoms with Crippen LogP contribution >= 0.6 is 0 Å². The van der Waals surface area contributed by atoms with E-state index in [1.807, 2.05) is 36.4 Å². The van der Waals surface area contributed by atoms with Gasteiger partial charge in [0, 0.05) is 19.0 Å². The van der Waals surface area contributed by atoms with E-state index in [4.69, 9.17) is 0 Å². The van der Waals surface area contributed by atoms with E-state index >= 15 is 0 Å². The lowest BCUT2D eigenvalue weighted by molar-refractivity contribution is -0.132. The van der Waals surface area contributed by atoms with Crippen LogP contribution in [0.3, 0.4) is 0 Å². The topological polar surface area (TPSA) is 57.7 Å². The third-order valence-electron chi connectivity index (χ3n) is 5.92. The monoisotopic (exact) mass is 396 g/mol. The number of fused-ring (bicyclic) bond motifs is 2. The summed E-state index contributed by atoms with van der Waals surface area (Å²) < 4.78 is 0. The maximum Gasteiger partial charge on any atom is 0.262 e. The zero-order valence-electron chi connectivity index (χ0n) is 16.3. The summed E-state index contributed by atoms with van der Waals surface area (Å²) in [5.41, 5.74) is 4.17. The van der Waals surface area contributed by atoms with Gasteiger partial charge in [0.25, 0.3) is 11.8 Å². The number of rotatable bonds is 3. The Morgan fingerprint density at radius 1 is 0.800 bits per heavy atom. The molecule has 5 heteroatoms. The molecule has 0 fully saturated rings. The summed E-state index contributed by atoms with van der Waals surface area (Å²) in [6, 6.07) is 24.9. The molecule has 0 spiro atoms. The summed E-state index contributed by atoms with van der Waals surface area (Å²) in [6.07, 6.45) is 0. The molecule has 30 heavy (non-hydrogen) atoms. The standard InChI is InChI=1S/C25H20N2O3/c28-23(16-27-24(29)20-12-6-7-13-21(20)25(27)30)26-14-18-10-4-5-11-19(18)22(15-26)17-8-2-1-3-9-17/h1-13,22H,14-16H2. The lowest BCUT2D eigenvalue weighted by atomic mass is 9.84. The van der Waals surface area contributed by atoms with Crippen LogP contribution in [0, 0.1) is 0 Å². The van der Waals surface area contributed by atoms with E-state index in [1.165, 1.54) is 5.56 Å². The Hall–Kier alpha value is -3.73. The maximum absolute atomic E-state index is 13.2. The quantitative estimate of drug-likeness (QED) is 0.637. The van der Waals surface area contributed by atoms with Gasteiger partial charge in [-0.2, -0.15) is 0 Å². The van der Waals surface area contributed by atoms with E-state index in [0.29, 0.717) is 24.2 Å². The first-order chi connectivity index (χ1) is 14.6. The molecular formula is C25H20N2O3. The van der Waals surface area contributed by atoms with Gasteiger partial charge in [0.2, 0.25) is 5.91 Å². The number of imide groups is 1. The van der Waals surface area contributed by atoms with Gasteiger partial charge in [-0.15, -0.1) is 0 Å². The highest BCUT2D eigenvalue weighted by Gasteiger charge is 2.38. The fourth-order valence-electron chi connectivity index (χ4n) is 4.39. The minimum absolute atomic E-state index is 0.0577. The highest BCUT2D eigenvalue weighted by Crippen LogP contribution is 2.33. The fourth-order valence-corrected chi connectivity index (χ4v) is 4.39. The lowest BCUT2D eigenvalue weighted by Gasteiger charge is -2.35. The van der Waals surface area contributed by atoms with Gasteiger partial charge in [0.05, 0.1) is 11.1 Å². The molecule has 0 N–H and O–H groups in total. The molecule has 1 atom stereocenters. The van der Waals surface area contributed by atoms with Gasteiger partial charge in [0.1, 0.15) is 6.54 Å². The molecule has 0 saturated carbocycles. The molecular weight excluding hydrogens is 376 g/mol. The summed E-state index contributed by atoms with van der Waals surface area (Å²) >= 11 is 0. The lowest BCUT2D eigenvalue weighted by Crippen LogP contribution is -2.45. The first-order valence-corrected chi connectivity index (χ1v) is 9.99. The number of nitrogens with zero attached hydrogens (tertiary/aromatic N) is 2. The summed E-state index contributed by atoms with van der Waals surface area (Å²) in [7, 11) is 0. The van der Waals surface area contributed by atoms with E-state index in [1.54, 1.807) is 29.2 Å². The van der Waals surface area contributed by atoms with Gasteiger partial charge < -0.3 is 4.90 Å². The van der Waals surface area contributed by atoms with Crippen LogP contribution in [0.15, 0.2) is 78.9 Å². The highest BCUT2D eigenvalue weighted by molar-refractivity contribution is 6.22. The number of hydrogen-bond acceptors (Lipinski definition) is 3. The Morgan fingerprint density at radius 3 is 2.10 bits per heavy atom. The van der Waals surface area contributed by atoms with Gasteiger partial charge in [-0.3, -0.25) is 19.3 Å². The van der Waals surface area contributed by atoms with Crippen LogP contribution in [-0.4, -0.2) is 40.6 Å². The Morgan fingerprint density at radius 2 is 1.40 bits per heavy atom. The molecule has 0 radical (unpaired) electrons. The maximum atomic E-state index is 13.2. The van der Waals surface area contributed by atoms with E-state index < -0.39 is 11.8 Å². The molecule has 1 unspecified atom stereocenters. The van der Waals surface area contributed by atoms with Crippen LogP contribution in [0.2, 0.25) is 0 Å².